The third-order valence-corrected chi connectivity index (χ3v) is 7.69. The quantitative estimate of drug-likeness (QED) is 0.355. The highest BCUT2D eigenvalue weighted by molar-refractivity contribution is 6.06. The summed E-state index contributed by atoms with van der Waals surface area (Å²) >= 11 is 0. The molecule has 8 heteroatoms. The van der Waals surface area contributed by atoms with Crippen LogP contribution in [-0.2, 0) is 4.79 Å². The van der Waals surface area contributed by atoms with Gasteiger partial charge in [-0.3, -0.25) is 9.59 Å². The fraction of sp³-hybridized carbons (Fsp3) is 0.516. The Balaban J connectivity index is 2.28. The molecule has 1 aromatic carbocycles. The van der Waals surface area contributed by atoms with Crippen molar-refractivity contribution in [1.82, 2.24) is 9.80 Å². The van der Waals surface area contributed by atoms with Gasteiger partial charge in [0.15, 0.2) is 5.78 Å². The van der Waals surface area contributed by atoms with Crippen LogP contribution in [0.4, 0.5) is 4.39 Å². The van der Waals surface area contributed by atoms with Crippen molar-refractivity contribution < 1.29 is 18.7 Å². The molecule has 2 N–H and O–H groups in total. The summed E-state index contributed by atoms with van der Waals surface area (Å²) < 4.78 is 21.9. The highest BCUT2D eigenvalue weighted by Gasteiger charge is 2.35. The van der Waals surface area contributed by atoms with E-state index in [-0.39, 0.29) is 40.5 Å². The van der Waals surface area contributed by atoms with E-state index >= 15 is 4.39 Å². The highest BCUT2D eigenvalue weighted by atomic mass is 19.1. The number of ether oxygens (including phenoxy) is 1. The second kappa shape index (κ2) is 13.1. The van der Waals surface area contributed by atoms with Crippen molar-refractivity contribution in [2.45, 2.75) is 73.6 Å². The van der Waals surface area contributed by atoms with E-state index in [4.69, 9.17) is 10.5 Å². The maximum absolute atomic E-state index is 16.0. The largest absolute Gasteiger partial charge is 0.493 e. The molecule has 0 aliphatic carbocycles. The molecule has 0 saturated carbocycles. The van der Waals surface area contributed by atoms with Gasteiger partial charge in [-0.1, -0.05) is 34.3 Å². The maximum Gasteiger partial charge on any atom is 0.222 e. The minimum Gasteiger partial charge on any atom is -0.493 e. The standard InChI is InChI=1S/C31H43FN4O3/c1-8-19(5)28(29-25(32)15-23(21(7)37)16-26(29)39-11-4)30-31(33)34-17-24(9-2)36(30)20(6)22-13-12-14-35(18-22)27(38)10-3/h15-17,19,22H,6,8-14,18H2,1-5,7H3,(H2,33,34)/b30-28+. The van der Waals surface area contributed by atoms with Crippen molar-refractivity contribution in [2.75, 3.05) is 19.7 Å². The Kier molecular flexibility index (Phi) is 10.1. The number of hydrogen-bond acceptors (Lipinski definition) is 6. The third-order valence-electron chi connectivity index (χ3n) is 7.69. The number of likely N-dealkylation sites (tertiary alicyclic amines) is 1. The first-order chi connectivity index (χ1) is 18.6. The lowest BCUT2D eigenvalue weighted by atomic mass is 9.86. The smallest absolute Gasteiger partial charge is 0.222 e. The highest BCUT2D eigenvalue weighted by Crippen LogP contribution is 2.43. The first-order valence-electron chi connectivity index (χ1n) is 14.1. The molecule has 1 aromatic rings. The summed E-state index contributed by atoms with van der Waals surface area (Å²) in [5.74, 6) is -0.207. The summed E-state index contributed by atoms with van der Waals surface area (Å²) in [6.45, 7) is 17.3. The van der Waals surface area contributed by atoms with Gasteiger partial charge in [-0.15, -0.1) is 0 Å². The molecule has 0 radical (unpaired) electrons. The maximum atomic E-state index is 16.0. The number of carbonyl (C=O) groups excluding carboxylic acids is 2. The van der Waals surface area contributed by atoms with Crippen LogP contribution in [0.5, 0.6) is 5.75 Å². The number of carbonyl (C=O) groups is 2. The van der Waals surface area contributed by atoms with Crippen molar-refractivity contribution in [3.63, 3.8) is 0 Å². The van der Waals surface area contributed by atoms with E-state index < -0.39 is 5.82 Å². The summed E-state index contributed by atoms with van der Waals surface area (Å²) in [6, 6.07) is 2.87. The van der Waals surface area contributed by atoms with Gasteiger partial charge in [0.1, 0.15) is 17.4 Å². The van der Waals surface area contributed by atoms with Crippen LogP contribution >= 0.6 is 0 Å². The Morgan fingerprint density at radius 1 is 1.26 bits per heavy atom. The molecular weight excluding hydrogens is 495 g/mol. The zero-order valence-electron chi connectivity index (χ0n) is 24.3. The zero-order valence-corrected chi connectivity index (χ0v) is 24.3. The number of hydrogen-bond donors (Lipinski definition) is 1. The molecule has 3 rings (SSSR count). The topological polar surface area (TPSA) is 88.2 Å². The SMILES string of the molecule is C=C(C1CCCN(C(=O)CC)C1)N1C(CC)=CN=C(N)/C1=C(\c1c(F)cc(C(C)=O)cc1OCC)C(C)CC. The lowest BCUT2D eigenvalue weighted by molar-refractivity contribution is -0.132. The number of nitrogens with zero attached hydrogens (tertiary/aromatic N) is 3. The Hall–Kier alpha value is -3.42. The number of allylic oxidation sites excluding steroid dienone is 2. The fourth-order valence-corrected chi connectivity index (χ4v) is 5.36. The Bertz CT molecular complexity index is 1220. The van der Waals surface area contributed by atoms with Crippen LogP contribution in [0.25, 0.3) is 5.57 Å². The molecule has 2 unspecified atom stereocenters. The van der Waals surface area contributed by atoms with Gasteiger partial charge in [0.2, 0.25) is 5.91 Å². The van der Waals surface area contributed by atoms with E-state index in [2.05, 4.69) is 11.6 Å². The Morgan fingerprint density at radius 2 is 1.97 bits per heavy atom. The normalized spacial score (nSPS) is 19.7. The lowest BCUT2D eigenvalue weighted by Gasteiger charge is -2.41. The molecule has 0 spiro atoms. The summed E-state index contributed by atoms with van der Waals surface area (Å²) in [6.07, 6.45) is 5.33. The second-order valence-corrected chi connectivity index (χ2v) is 10.2. The van der Waals surface area contributed by atoms with Gasteiger partial charge in [-0.25, -0.2) is 9.38 Å². The fourth-order valence-electron chi connectivity index (χ4n) is 5.36. The second-order valence-electron chi connectivity index (χ2n) is 10.2. The Morgan fingerprint density at radius 3 is 2.56 bits per heavy atom. The van der Waals surface area contributed by atoms with Crippen LogP contribution in [0, 0.1) is 17.7 Å². The van der Waals surface area contributed by atoms with Crippen molar-refractivity contribution in [1.29, 1.82) is 0 Å². The van der Waals surface area contributed by atoms with Crippen LogP contribution < -0.4 is 10.5 Å². The number of amidine groups is 1. The molecule has 39 heavy (non-hydrogen) atoms. The van der Waals surface area contributed by atoms with Gasteiger partial charge >= 0.3 is 0 Å². The predicted molar refractivity (Wildman–Crippen MR) is 155 cm³/mol. The van der Waals surface area contributed by atoms with E-state index in [1.807, 2.05) is 44.4 Å². The van der Waals surface area contributed by atoms with E-state index in [0.29, 0.717) is 49.4 Å². The first-order valence-corrected chi connectivity index (χ1v) is 14.1. The van der Waals surface area contributed by atoms with Gasteiger partial charge in [-0.2, -0.15) is 0 Å². The summed E-state index contributed by atoms with van der Waals surface area (Å²) in [7, 11) is 0. The van der Waals surface area contributed by atoms with Gasteiger partial charge < -0.3 is 20.3 Å². The molecule has 7 nitrogen and oxygen atoms in total. The van der Waals surface area contributed by atoms with Crippen LogP contribution in [0.15, 0.2) is 47.0 Å². The minimum atomic E-state index is -0.544. The molecule has 2 atom stereocenters. The molecule has 1 fully saturated rings. The number of amides is 1. The molecule has 2 aliphatic heterocycles. The number of Topliss-reactive ketones (excluding diaryl/α,β-unsaturated/α-hetero) is 1. The Labute approximate surface area is 232 Å². The average Bonchev–Trinajstić information content (AvgIpc) is 2.93. The molecular formula is C31H43FN4O3. The first kappa shape index (κ1) is 30.1. The van der Waals surface area contributed by atoms with E-state index in [1.54, 1.807) is 12.3 Å². The van der Waals surface area contributed by atoms with Gasteiger partial charge in [-0.05, 0) is 63.2 Å². The molecule has 0 bridgehead atoms. The molecule has 212 valence electrons. The summed E-state index contributed by atoms with van der Waals surface area (Å²) in [4.78, 5) is 33.1. The van der Waals surface area contributed by atoms with E-state index in [9.17, 15) is 9.59 Å². The van der Waals surface area contributed by atoms with Gasteiger partial charge in [0.05, 0.1) is 17.9 Å². The third kappa shape index (κ3) is 6.26. The number of piperidine rings is 1. The summed E-state index contributed by atoms with van der Waals surface area (Å²) in [5.41, 5.74) is 10.1. The summed E-state index contributed by atoms with van der Waals surface area (Å²) in [5, 5.41) is 0. The van der Waals surface area contributed by atoms with Crippen LogP contribution in [0.2, 0.25) is 0 Å². The van der Waals surface area contributed by atoms with Crippen molar-refractivity contribution in [3.05, 3.63) is 58.9 Å². The number of nitrogens with two attached hydrogens (primary N) is 1. The number of rotatable bonds is 10. The molecule has 0 aromatic heterocycles. The number of aliphatic imine (C=N–C) groups is 1. The van der Waals surface area contributed by atoms with E-state index in [1.165, 1.54) is 13.0 Å². The lowest BCUT2D eigenvalue weighted by Crippen LogP contribution is -2.43. The number of ketones is 1. The molecule has 2 aliphatic rings. The van der Waals surface area contributed by atoms with Crippen molar-refractivity contribution in [3.8, 4) is 5.75 Å². The van der Waals surface area contributed by atoms with E-state index in [0.717, 1.165) is 30.8 Å². The number of halogens is 1. The molecule has 2 heterocycles. The number of benzene rings is 1. The molecule has 1 amide bonds. The predicted octanol–water partition coefficient (Wildman–Crippen LogP) is 6.27. The zero-order chi connectivity index (χ0) is 28.9. The van der Waals surface area contributed by atoms with Crippen LogP contribution in [0.1, 0.15) is 89.6 Å². The minimum absolute atomic E-state index is 0.0135. The van der Waals surface area contributed by atoms with Gasteiger partial charge in [0, 0.05) is 48.6 Å². The van der Waals surface area contributed by atoms with Crippen molar-refractivity contribution in [2.24, 2.45) is 22.6 Å². The monoisotopic (exact) mass is 538 g/mol. The van der Waals surface area contributed by atoms with Gasteiger partial charge in [0.25, 0.3) is 0 Å². The van der Waals surface area contributed by atoms with Crippen molar-refractivity contribution >= 4 is 23.1 Å². The molecule has 1 saturated heterocycles. The average molecular weight is 539 g/mol. The van der Waals surface area contributed by atoms with Crippen LogP contribution in [0.3, 0.4) is 0 Å². The van der Waals surface area contributed by atoms with Crippen LogP contribution in [-0.4, -0.2) is 47.0 Å².